The molecule has 1 aromatic heterocycles. The van der Waals surface area contributed by atoms with Crippen LogP contribution in [0.1, 0.15) is 28.1 Å². The number of halogens is 1. The summed E-state index contributed by atoms with van der Waals surface area (Å²) in [6.07, 6.45) is 0.253. The largest absolute Gasteiger partial charge is 0.461 e. The van der Waals surface area contributed by atoms with Crippen LogP contribution >= 0.6 is 22.9 Å². The quantitative estimate of drug-likeness (QED) is 0.596. The van der Waals surface area contributed by atoms with Gasteiger partial charge < -0.3 is 4.74 Å². The molecule has 0 aliphatic heterocycles. The third-order valence-electron chi connectivity index (χ3n) is 2.70. The first-order valence-electron chi connectivity index (χ1n) is 6.12. The van der Waals surface area contributed by atoms with Crippen molar-refractivity contribution in [2.24, 2.45) is 0 Å². The fraction of sp³-hybridized carbons (Fsp3) is 0.200. The Morgan fingerprint density at radius 2 is 1.90 bits per heavy atom. The molecule has 2 rings (SSSR count). The molecule has 0 saturated heterocycles. The third kappa shape index (κ3) is 4.18. The van der Waals surface area contributed by atoms with Crippen molar-refractivity contribution in [3.05, 3.63) is 57.2 Å². The van der Waals surface area contributed by atoms with Gasteiger partial charge in [-0.05, 0) is 17.5 Å². The minimum absolute atomic E-state index is 0.0327. The molecule has 104 valence electrons. The minimum Gasteiger partial charge on any atom is -0.461 e. The number of benzene rings is 1. The summed E-state index contributed by atoms with van der Waals surface area (Å²) in [5.41, 5.74) is 0.757. The molecule has 0 amide bonds. The molecule has 5 heteroatoms. The van der Waals surface area contributed by atoms with Crippen molar-refractivity contribution in [1.82, 2.24) is 0 Å². The molecule has 20 heavy (non-hydrogen) atoms. The lowest BCUT2D eigenvalue weighted by Gasteiger charge is -2.06. The second-order valence-corrected chi connectivity index (χ2v) is 5.51. The molecule has 2 aromatic rings. The van der Waals surface area contributed by atoms with Crippen molar-refractivity contribution < 1.29 is 14.3 Å². The molecular weight excluding hydrogens is 296 g/mol. The third-order valence-corrected chi connectivity index (χ3v) is 3.98. The molecule has 0 unspecified atom stereocenters. The summed E-state index contributed by atoms with van der Waals surface area (Å²) in [5.74, 6) is -0.426. The number of ketones is 1. The molecule has 0 spiro atoms. The van der Waals surface area contributed by atoms with Crippen LogP contribution in [0.4, 0.5) is 0 Å². The van der Waals surface area contributed by atoms with Gasteiger partial charge in [-0.15, -0.1) is 11.3 Å². The van der Waals surface area contributed by atoms with Gasteiger partial charge in [-0.2, -0.15) is 0 Å². The van der Waals surface area contributed by atoms with Gasteiger partial charge in [0.05, 0.1) is 11.3 Å². The molecule has 0 radical (unpaired) electrons. The lowest BCUT2D eigenvalue weighted by molar-refractivity contribution is -0.144. The van der Waals surface area contributed by atoms with Gasteiger partial charge in [0.1, 0.15) is 6.61 Å². The van der Waals surface area contributed by atoms with Crippen LogP contribution in [0.5, 0.6) is 0 Å². The second kappa shape index (κ2) is 7.22. The number of rotatable bonds is 6. The number of carbonyl (C=O) groups is 2. The normalized spacial score (nSPS) is 10.2. The maximum absolute atomic E-state index is 11.7. The first-order valence-corrected chi connectivity index (χ1v) is 7.38. The average Bonchev–Trinajstić information content (AvgIpc) is 2.98. The van der Waals surface area contributed by atoms with Crippen LogP contribution in [-0.4, -0.2) is 11.8 Å². The zero-order valence-electron chi connectivity index (χ0n) is 10.7. The van der Waals surface area contributed by atoms with Crippen LogP contribution in [-0.2, 0) is 16.1 Å². The molecule has 1 aromatic carbocycles. The van der Waals surface area contributed by atoms with E-state index in [1.807, 2.05) is 23.6 Å². The number of ether oxygens (including phenoxy) is 1. The van der Waals surface area contributed by atoms with Gasteiger partial charge >= 0.3 is 5.97 Å². The molecule has 0 fully saturated rings. The summed E-state index contributed by atoms with van der Waals surface area (Å²) < 4.78 is 5.10. The topological polar surface area (TPSA) is 43.4 Å². The smallest absolute Gasteiger partial charge is 0.306 e. The highest BCUT2D eigenvalue weighted by molar-refractivity contribution is 7.12. The zero-order valence-corrected chi connectivity index (χ0v) is 12.2. The maximum atomic E-state index is 11.7. The lowest BCUT2D eigenvalue weighted by atomic mass is 10.2. The Balaban J connectivity index is 1.76. The molecule has 0 aliphatic rings. The van der Waals surface area contributed by atoms with Crippen molar-refractivity contribution in [3.8, 4) is 0 Å². The van der Waals surface area contributed by atoms with Crippen molar-refractivity contribution in [1.29, 1.82) is 0 Å². The zero-order chi connectivity index (χ0) is 14.4. The van der Waals surface area contributed by atoms with Crippen molar-refractivity contribution >= 4 is 34.7 Å². The summed E-state index contributed by atoms with van der Waals surface area (Å²) >= 11 is 7.33. The Kier molecular flexibility index (Phi) is 5.32. The Hall–Kier alpha value is -1.65. The second-order valence-electron chi connectivity index (χ2n) is 4.15. The summed E-state index contributed by atoms with van der Waals surface area (Å²) in [7, 11) is 0. The summed E-state index contributed by atoms with van der Waals surface area (Å²) in [5, 5.41) is 2.40. The van der Waals surface area contributed by atoms with E-state index < -0.39 is 5.97 Å². The van der Waals surface area contributed by atoms with E-state index in [1.165, 1.54) is 11.3 Å². The molecule has 0 N–H and O–H groups in total. The molecule has 3 nitrogen and oxygen atoms in total. The van der Waals surface area contributed by atoms with Crippen molar-refractivity contribution in [2.45, 2.75) is 19.4 Å². The minimum atomic E-state index is -0.394. The Morgan fingerprint density at radius 3 is 2.60 bits per heavy atom. The molecule has 0 bridgehead atoms. The van der Waals surface area contributed by atoms with Crippen LogP contribution in [0.15, 0.2) is 41.8 Å². The van der Waals surface area contributed by atoms with Gasteiger partial charge in [0.15, 0.2) is 5.78 Å². The lowest BCUT2D eigenvalue weighted by Crippen LogP contribution is -2.07. The highest BCUT2D eigenvalue weighted by Crippen LogP contribution is 2.16. The summed E-state index contributed by atoms with van der Waals surface area (Å²) in [6.45, 7) is 0.131. The Labute approximate surface area is 126 Å². The van der Waals surface area contributed by atoms with Crippen molar-refractivity contribution in [2.75, 3.05) is 0 Å². The molecule has 1 heterocycles. The predicted molar refractivity (Wildman–Crippen MR) is 79.1 cm³/mol. The Morgan fingerprint density at radius 1 is 1.10 bits per heavy atom. The van der Waals surface area contributed by atoms with E-state index in [0.29, 0.717) is 9.90 Å². The van der Waals surface area contributed by atoms with Crippen LogP contribution in [0, 0.1) is 0 Å². The van der Waals surface area contributed by atoms with E-state index in [1.54, 1.807) is 18.2 Å². The van der Waals surface area contributed by atoms with Gasteiger partial charge in [0, 0.05) is 17.0 Å². The standard InChI is InChI=1S/C15H13ClO3S/c16-12-5-2-1-4-11(12)10-19-15(18)8-7-13(17)14-6-3-9-20-14/h1-6,9H,7-8,10H2. The highest BCUT2D eigenvalue weighted by atomic mass is 35.5. The fourth-order valence-electron chi connectivity index (χ4n) is 1.62. The SMILES string of the molecule is O=C(CCC(=O)c1cccs1)OCc1ccccc1Cl. The van der Waals surface area contributed by atoms with E-state index >= 15 is 0 Å². The van der Waals surface area contributed by atoms with Gasteiger partial charge in [-0.1, -0.05) is 35.9 Å². The van der Waals surface area contributed by atoms with Gasteiger partial charge in [0.2, 0.25) is 0 Å². The number of thiophene rings is 1. The van der Waals surface area contributed by atoms with E-state index in [-0.39, 0.29) is 25.2 Å². The van der Waals surface area contributed by atoms with Gasteiger partial charge in [-0.3, -0.25) is 9.59 Å². The number of hydrogen-bond acceptors (Lipinski definition) is 4. The van der Waals surface area contributed by atoms with Crippen LogP contribution < -0.4 is 0 Å². The maximum Gasteiger partial charge on any atom is 0.306 e. The van der Waals surface area contributed by atoms with E-state index in [2.05, 4.69) is 0 Å². The first-order chi connectivity index (χ1) is 9.66. The monoisotopic (exact) mass is 308 g/mol. The average molecular weight is 309 g/mol. The number of carbonyl (C=O) groups excluding carboxylic acids is 2. The number of esters is 1. The Bertz CT molecular complexity index is 593. The van der Waals surface area contributed by atoms with Gasteiger partial charge in [-0.25, -0.2) is 0 Å². The van der Waals surface area contributed by atoms with E-state index in [4.69, 9.17) is 16.3 Å². The van der Waals surface area contributed by atoms with E-state index in [9.17, 15) is 9.59 Å². The molecule has 0 saturated carbocycles. The summed E-state index contributed by atoms with van der Waals surface area (Å²) in [4.78, 5) is 24.0. The van der Waals surface area contributed by atoms with E-state index in [0.717, 1.165) is 5.56 Å². The predicted octanol–water partition coefficient (Wildman–Crippen LogP) is 4.11. The van der Waals surface area contributed by atoms with Crippen LogP contribution in [0.3, 0.4) is 0 Å². The molecular formula is C15H13ClO3S. The summed E-state index contributed by atoms with van der Waals surface area (Å²) in [6, 6.07) is 10.7. The van der Waals surface area contributed by atoms with Crippen LogP contribution in [0.2, 0.25) is 5.02 Å². The molecule has 0 aliphatic carbocycles. The van der Waals surface area contributed by atoms with Gasteiger partial charge in [0.25, 0.3) is 0 Å². The molecule has 0 atom stereocenters. The number of hydrogen-bond donors (Lipinski definition) is 0. The van der Waals surface area contributed by atoms with Crippen molar-refractivity contribution in [3.63, 3.8) is 0 Å². The number of Topliss-reactive ketones (excluding diaryl/α,β-unsaturated/α-hetero) is 1. The highest BCUT2D eigenvalue weighted by Gasteiger charge is 2.11. The first kappa shape index (κ1) is 14.8. The van der Waals surface area contributed by atoms with Crippen LogP contribution in [0.25, 0.3) is 0 Å². The fourth-order valence-corrected chi connectivity index (χ4v) is 2.51.